The molecule has 0 amide bonds. The fraction of sp³-hybridized carbons (Fsp3) is 1.00. The third-order valence-electron chi connectivity index (χ3n) is 2.12. The van der Waals surface area contributed by atoms with Crippen LogP contribution in [0.3, 0.4) is 0 Å². The zero-order chi connectivity index (χ0) is 7.07. The predicted octanol–water partition coefficient (Wildman–Crippen LogP) is 0.354. The number of quaternary nitrogens is 1. The first kappa shape index (κ1) is 7.03. The first-order valence-corrected chi connectivity index (χ1v) is 3.53. The second kappa shape index (κ2) is 1.96. The Balaban J connectivity index is 2.54. The molecule has 1 saturated heterocycles. The van der Waals surface area contributed by atoms with Gasteiger partial charge in [0.05, 0.1) is 26.7 Å². The molecule has 1 unspecified atom stereocenters. The van der Waals surface area contributed by atoms with E-state index in [1.54, 1.807) is 0 Å². The van der Waals surface area contributed by atoms with E-state index in [2.05, 4.69) is 33.0 Å². The van der Waals surface area contributed by atoms with Crippen molar-refractivity contribution in [2.75, 3.05) is 34.4 Å². The Bertz CT molecular complexity index is 97.5. The second-order valence-corrected chi connectivity index (χ2v) is 3.87. The molecule has 0 bridgehead atoms. The number of hydrogen-bond donors (Lipinski definition) is 0. The van der Waals surface area contributed by atoms with Gasteiger partial charge < -0.3 is 4.48 Å². The first-order chi connectivity index (χ1) is 4.01. The fourth-order valence-electron chi connectivity index (χ4n) is 1.66. The maximum absolute atomic E-state index is 2.40. The molecule has 0 aromatic carbocycles. The van der Waals surface area contributed by atoms with Gasteiger partial charge in [0.15, 0.2) is 0 Å². The Morgan fingerprint density at radius 2 is 2.00 bits per heavy atom. The van der Waals surface area contributed by atoms with Crippen LogP contribution in [-0.2, 0) is 0 Å². The molecule has 1 heterocycles. The van der Waals surface area contributed by atoms with Crippen molar-refractivity contribution in [1.29, 1.82) is 0 Å². The summed E-state index contributed by atoms with van der Waals surface area (Å²) in [6.07, 6.45) is 0. The first-order valence-electron chi connectivity index (χ1n) is 3.53. The highest BCUT2D eigenvalue weighted by Gasteiger charge is 2.31. The molecular formula is C7H17N2+. The van der Waals surface area contributed by atoms with Crippen LogP contribution in [0.1, 0.15) is 6.92 Å². The van der Waals surface area contributed by atoms with E-state index in [-0.39, 0.29) is 0 Å². The Morgan fingerprint density at radius 1 is 1.44 bits per heavy atom. The Labute approximate surface area is 57.7 Å². The van der Waals surface area contributed by atoms with E-state index in [0.29, 0.717) is 0 Å². The van der Waals surface area contributed by atoms with Gasteiger partial charge in [0, 0.05) is 0 Å². The van der Waals surface area contributed by atoms with Crippen LogP contribution in [0.2, 0.25) is 0 Å². The lowest BCUT2D eigenvalue weighted by molar-refractivity contribution is -0.882. The van der Waals surface area contributed by atoms with Crippen LogP contribution < -0.4 is 0 Å². The summed E-state index contributed by atoms with van der Waals surface area (Å²) in [5.74, 6) is 0. The van der Waals surface area contributed by atoms with Gasteiger partial charge in [-0.25, -0.2) is 0 Å². The lowest BCUT2D eigenvalue weighted by atomic mass is 10.3. The fourth-order valence-corrected chi connectivity index (χ4v) is 1.66. The maximum Gasteiger partial charge on any atom is 0.134 e. The normalized spacial score (nSPS) is 35.3. The zero-order valence-corrected chi connectivity index (χ0v) is 6.89. The highest BCUT2D eigenvalue weighted by molar-refractivity contribution is 4.64. The summed E-state index contributed by atoms with van der Waals surface area (Å²) in [6.45, 7) is 4.77. The third-order valence-corrected chi connectivity index (χ3v) is 2.12. The van der Waals surface area contributed by atoms with Crippen LogP contribution in [0.4, 0.5) is 0 Å². The number of likely N-dealkylation sites (N-methyl/N-ethyl adjacent to an activating group) is 2. The molecule has 0 saturated carbocycles. The van der Waals surface area contributed by atoms with Crippen molar-refractivity contribution in [3.63, 3.8) is 0 Å². The summed E-state index contributed by atoms with van der Waals surface area (Å²) in [7, 11) is 6.75. The molecule has 0 aromatic rings. The Morgan fingerprint density at radius 3 is 2.11 bits per heavy atom. The molecule has 0 aliphatic carbocycles. The largest absolute Gasteiger partial charge is 0.315 e. The molecule has 1 atom stereocenters. The minimum Gasteiger partial charge on any atom is -0.315 e. The van der Waals surface area contributed by atoms with E-state index in [0.717, 1.165) is 10.5 Å². The molecule has 1 aliphatic heterocycles. The van der Waals surface area contributed by atoms with E-state index < -0.39 is 0 Å². The van der Waals surface area contributed by atoms with Crippen LogP contribution in [-0.4, -0.2) is 49.8 Å². The molecule has 1 aliphatic rings. The van der Waals surface area contributed by atoms with Gasteiger partial charge in [-0.1, -0.05) is 0 Å². The Hall–Kier alpha value is -0.0800. The smallest absolute Gasteiger partial charge is 0.134 e. The van der Waals surface area contributed by atoms with E-state index in [1.807, 2.05) is 0 Å². The van der Waals surface area contributed by atoms with Gasteiger partial charge in [-0.2, -0.15) is 0 Å². The zero-order valence-electron chi connectivity index (χ0n) is 6.89. The summed E-state index contributed by atoms with van der Waals surface area (Å²) in [6, 6.07) is 0.764. The van der Waals surface area contributed by atoms with Gasteiger partial charge in [0.1, 0.15) is 6.67 Å². The van der Waals surface area contributed by atoms with Crippen LogP contribution in [0.15, 0.2) is 0 Å². The predicted molar refractivity (Wildman–Crippen MR) is 39.1 cm³/mol. The molecule has 0 N–H and O–H groups in total. The van der Waals surface area contributed by atoms with Crippen LogP contribution in [0.25, 0.3) is 0 Å². The van der Waals surface area contributed by atoms with Crippen molar-refractivity contribution >= 4 is 0 Å². The van der Waals surface area contributed by atoms with Crippen molar-refractivity contribution < 1.29 is 4.48 Å². The van der Waals surface area contributed by atoms with E-state index in [4.69, 9.17) is 0 Å². The standard InChI is InChI=1S/C7H17N2/c1-7-5-9(3,4)6-8(7)2/h7H,5-6H2,1-4H3/q+1. The lowest BCUT2D eigenvalue weighted by Gasteiger charge is -2.22. The lowest BCUT2D eigenvalue weighted by Crippen LogP contribution is -2.37. The molecule has 0 radical (unpaired) electrons. The summed E-state index contributed by atoms with van der Waals surface area (Å²) in [4.78, 5) is 2.40. The van der Waals surface area contributed by atoms with Crippen molar-refractivity contribution in [2.24, 2.45) is 0 Å². The number of rotatable bonds is 0. The quantitative estimate of drug-likeness (QED) is 0.427. The molecule has 54 valence electrons. The molecule has 9 heavy (non-hydrogen) atoms. The average Bonchev–Trinajstić information content (AvgIpc) is 1.79. The van der Waals surface area contributed by atoms with Gasteiger partial charge in [0.25, 0.3) is 0 Å². The highest BCUT2D eigenvalue weighted by atomic mass is 15.5. The van der Waals surface area contributed by atoms with Crippen LogP contribution in [0, 0.1) is 0 Å². The van der Waals surface area contributed by atoms with Crippen molar-refractivity contribution in [1.82, 2.24) is 4.90 Å². The maximum atomic E-state index is 2.40. The van der Waals surface area contributed by atoms with Crippen molar-refractivity contribution in [3.05, 3.63) is 0 Å². The molecule has 1 fully saturated rings. The molecule has 2 heteroatoms. The summed E-state index contributed by atoms with van der Waals surface area (Å²) in [5, 5.41) is 0. The van der Waals surface area contributed by atoms with Gasteiger partial charge in [-0.15, -0.1) is 0 Å². The summed E-state index contributed by atoms with van der Waals surface area (Å²) >= 11 is 0. The topological polar surface area (TPSA) is 3.24 Å². The van der Waals surface area contributed by atoms with E-state index >= 15 is 0 Å². The van der Waals surface area contributed by atoms with Crippen LogP contribution in [0.5, 0.6) is 0 Å². The molecule has 2 nitrogen and oxygen atoms in total. The second-order valence-electron chi connectivity index (χ2n) is 3.87. The third kappa shape index (κ3) is 1.43. The summed E-state index contributed by atoms with van der Waals surface area (Å²) in [5.41, 5.74) is 0. The minimum atomic E-state index is 0.764. The highest BCUT2D eigenvalue weighted by Crippen LogP contribution is 2.13. The van der Waals surface area contributed by atoms with E-state index in [9.17, 15) is 0 Å². The monoisotopic (exact) mass is 129 g/mol. The van der Waals surface area contributed by atoms with E-state index in [1.165, 1.54) is 13.2 Å². The summed E-state index contributed by atoms with van der Waals surface area (Å²) < 4.78 is 1.15. The SMILES string of the molecule is CC1C[N+](C)(C)CN1C. The molecular weight excluding hydrogens is 112 g/mol. The Kier molecular flexibility index (Phi) is 1.53. The molecule has 1 rings (SSSR count). The average molecular weight is 129 g/mol. The number of nitrogens with zero attached hydrogens (tertiary/aromatic N) is 2. The number of hydrogen-bond acceptors (Lipinski definition) is 1. The van der Waals surface area contributed by atoms with Crippen molar-refractivity contribution in [2.45, 2.75) is 13.0 Å². The van der Waals surface area contributed by atoms with Crippen LogP contribution >= 0.6 is 0 Å². The molecule has 0 spiro atoms. The van der Waals surface area contributed by atoms with Gasteiger partial charge in [-0.3, -0.25) is 4.90 Å². The van der Waals surface area contributed by atoms with Gasteiger partial charge >= 0.3 is 0 Å². The molecule has 0 aromatic heterocycles. The minimum absolute atomic E-state index is 0.764. The van der Waals surface area contributed by atoms with Gasteiger partial charge in [-0.05, 0) is 14.0 Å². The van der Waals surface area contributed by atoms with Gasteiger partial charge in [0.2, 0.25) is 0 Å². The van der Waals surface area contributed by atoms with Crippen molar-refractivity contribution in [3.8, 4) is 0 Å².